The number of amides is 1. The molecule has 2 rings (SSSR count). The first-order valence-electron chi connectivity index (χ1n) is 12.0. The Morgan fingerprint density at radius 3 is 2.72 bits per heavy atom. The van der Waals surface area contributed by atoms with Crippen LogP contribution in [0, 0.1) is 0 Å². The molecular formula is C24H42N4O4. The van der Waals surface area contributed by atoms with Crippen molar-refractivity contribution in [2.45, 2.75) is 72.3 Å². The maximum atomic E-state index is 11.4. The molecule has 1 amide bonds. The summed E-state index contributed by atoms with van der Waals surface area (Å²) in [5.74, 6) is -0.285. The summed E-state index contributed by atoms with van der Waals surface area (Å²) in [4.78, 5) is 29.6. The fraction of sp³-hybridized carbons (Fsp3) is 0.708. The van der Waals surface area contributed by atoms with Gasteiger partial charge in [-0.15, -0.1) is 0 Å². The molecule has 0 aromatic carbocycles. The number of fused-ring (bicyclic) bond motifs is 1. The van der Waals surface area contributed by atoms with E-state index in [0.717, 1.165) is 63.3 Å². The van der Waals surface area contributed by atoms with Gasteiger partial charge in [-0.25, -0.2) is 9.78 Å². The molecule has 1 unspecified atom stereocenters. The van der Waals surface area contributed by atoms with Crippen LogP contribution in [0.1, 0.15) is 64.6 Å². The molecule has 0 bridgehead atoms. The molecule has 32 heavy (non-hydrogen) atoms. The number of nitrogens with zero attached hydrogens (tertiary/aromatic N) is 2. The van der Waals surface area contributed by atoms with Gasteiger partial charge in [0.2, 0.25) is 5.91 Å². The topological polar surface area (TPSA) is 104 Å². The number of anilines is 1. The summed E-state index contributed by atoms with van der Waals surface area (Å²) in [5.41, 5.74) is 2.42. The number of carboxylic acids is 1. The number of aryl methyl sites for hydroxylation is 2. The predicted octanol–water partition coefficient (Wildman–Crippen LogP) is 3.11. The minimum Gasteiger partial charge on any atom is -0.480 e. The van der Waals surface area contributed by atoms with Crippen LogP contribution in [0.5, 0.6) is 0 Å². The molecule has 3 N–H and O–H groups in total. The van der Waals surface area contributed by atoms with Crippen molar-refractivity contribution in [1.29, 1.82) is 0 Å². The van der Waals surface area contributed by atoms with Crippen LogP contribution in [-0.2, 0) is 27.2 Å². The van der Waals surface area contributed by atoms with Gasteiger partial charge in [0.05, 0.1) is 6.61 Å². The molecule has 0 saturated carbocycles. The van der Waals surface area contributed by atoms with E-state index in [-0.39, 0.29) is 5.91 Å². The van der Waals surface area contributed by atoms with Crippen LogP contribution in [0.2, 0.25) is 0 Å². The van der Waals surface area contributed by atoms with E-state index in [2.05, 4.69) is 27.7 Å². The molecule has 2 heterocycles. The highest BCUT2D eigenvalue weighted by atomic mass is 16.5. The van der Waals surface area contributed by atoms with Crippen LogP contribution in [0.3, 0.4) is 0 Å². The summed E-state index contributed by atoms with van der Waals surface area (Å²) in [7, 11) is 0. The third kappa shape index (κ3) is 10.9. The lowest BCUT2D eigenvalue weighted by Gasteiger charge is -2.24. The number of carbonyl (C=O) groups is 2. The third-order valence-corrected chi connectivity index (χ3v) is 5.27. The van der Waals surface area contributed by atoms with E-state index in [1.807, 2.05) is 20.8 Å². The molecule has 1 aromatic heterocycles. The first kappa shape index (κ1) is 27.8. The Kier molecular flexibility index (Phi) is 14.3. The molecule has 0 radical (unpaired) electrons. The predicted molar refractivity (Wildman–Crippen MR) is 128 cm³/mol. The molecule has 8 heteroatoms. The largest absolute Gasteiger partial charge is 0.480 e. The number of ether oxygens (including phenoxy) is 1. The number of nitrogens with one attached hydrogen (secondary N) is 2. The fourth-order valence-electron chi connectivity index (χ4n) is 3.64. The van der Waals surface area contributed by atoms with Crippen LogP contribution in [0.15, 0.2) is 12.1 Å². The summed E-state index contributed by atoms with van der Waals surface area (Å²) >= 11 is 0. The maximum Gasteiger partial charge on any atom is 0.326 e. The van der Waals surface area contributed by atoms with E-state index >= 15 is 0 Å². The average Bonchev–Trinajstić information content (AvgIpc) is 2.79. The second kappa shape index (κ2) is 16.4. The number of aliphatic carboxylic acids is 1. The number of carboxylic acid groups (broad SMARTS) is 1. The van der Waals surface area contributed by atoms with Gasteiger partial charge in [0, 0.05) is 38.9 Å². The summed E-state index contributed by atoms with van der Waals surface area (Å²) in [6.45, 7) is 11.8. The van der Waals surface area contributed by atoms with Gasteiger partial charge in [0.15, 0.2) is 0 Å². The van der Waals surface area contributed by atoms with Gasteiger partial charge in [-0.2, -0.15) is 0 Å². The Morgan fingerprint density at radius 1 is 1.25 bits per heavy atom. The summed E-state index contributed by atoms with van der Waals surface area (Å²) in [6.07, 6.45) is 5.58. The van der Waals surface area contributed by atoms with E-state index in [1.54, 1.807) is 0 Å². The SMILES string of the molecule is CC.CCOCCN(CCCCc1ccc2c(n1)NCCC2)CCC(NC(C)=O)C(=O)O. The fourth-order valence-corrected chi connectivity index (χ4v) is 3.64. The molecule has 8 nitrogen and oxygen atoms in total. The molecule has 0 saturated heterocycles. The number of unbranched alkanes of at least 4 members (excludes halogenated alkanes) is 1. The standard InChI is InChI=1S/C22H36N4O4.C2H6/c1-3-30-16-15-26(14-11-20(22(28)29)24-17(2)27)13-5-4-8-19-10-9-18-7-6-12-23-21(18)25-19;1-2/h9-10,20H,3-8,11-16H2,1-2H3,(H,23,25)(H,24,27)(H,28,29);1-2H3. The average molecular weight is 451 g/mol. The quantitative estimate of drug-likeness (QED) is 0.374. The van der Waals surface area contributed by atoms with E-state index in [9.17, 15) is 14.7 Å². The molecule has 0 fully saturated rings. The van der Waals surface area contributed by atoms with Gasteiger partial charge in [-0.05, 0) is 63.6 Å². The van der Waals surface area contributed by atoms with Crippen LogP contribution in [-0.4, -0.2) is 72.3 Å². The minimum atomic E-state index is -0.998. The Balaban J connectivity index is 0.00000249. The zero-order valence-electron chi connectivity index (χ0n) is 20.3. The third-order valence-electron chi connectivity index (χ3n) is 5.27. The summed E-state index contributed by atoms with van der Waals surface area (Å²) in [6, 6.07) is 3.46. The number of hydrogen-bond donors (Lipinski definition) is 3. The van der Waals surface area contributed by atoms with E-state index in [1.165, 1.54) is 12.5 Å². The van der Waals surface area contributed by atoms with Crippen molar-refractivity contribution in [3.8, 4) is 0 Å². The molecular weight excluding hydrogens is 408 g/mol. The molecule has 0 aliphatic carbocycles. The van der Waals surface area contributed by atoms with Gasteiger partial charge in [-0.3, -0.25) is 4.79 Å². The van der Waals surface area contributed by atoms with Crippen molar-refractivity contribution in [2.75, 3.05) is 44.7 Å². The number of aromatic nitrogens is 1. The molecule has 0 spiro atoms. The van der Waals surface area contributed by atoms with Crippen molar-refractivity contribution < 1.29 is 19.4 Å². The second-order valence-corrected chi connectivity index (χ2v) is 7.72. The molecule has 182 valence electrons. The number of pyridine rings is 1. The maximum absolute atomic E-state index is 11.4. The van der Waals surface area contributed by atoms with E-state index < -0.39 is 12.0 Å². The first-order valence-corrected chi connectivity index (χ1v) is 12.0. The van der Waals surface area contributed by atoms with Crippen LogP contribution < -0.4 is 10.6 Å². The van der Waals surface area contributed by atoms with Crippen LogP contribution in [0.4, 0.5) is 5.82 Å². The monoisotopic (exact) mass is 450 g/mol. The van der Waals surface area contributed by atoms with Crippen molar-refractivity contribution in [3.63, 3.8) is 0 Å². The Morgan fingerprint density at radius 2 is 2.03 bits per heavy atom. The smallest absolute Gasteiger partial charge is 0.326 e. The minimum absolute atomic E-state index is 0.324. The Labute approximate surface area is 193 Å². The molecule has 1 aliphatic heterocycles. The van der Waals surface area contributed by atoms with E-state index in [0.29, 0.717) is 26.2 Å². The number of rotatable bonds is 14. The molecule has 1 atom stereocenters. The Hall–Kier alpha value is -2.19. The van der Waals surface area contributed by atoms with Crippen LogP contribution >= 0.6 is 0 Å². The van der Waals surface area contributed by atoms with Gasteiger partial charge in [0.1, 0.15) is 11.9 Å². The molecule has 1 aliphatic rings. The lowest BCUT2D eigenvalue weighted by Crippen LogP contribution is -2.42. The summed E-state index contributed by atoms with van der Waals surface area (Å²) in [5, 5.41) is 15.2. The highest BCUT2D eigenvalue weighted by molar-refractivity contribution is 5.82. The highest BCUT2D eigenvalue weighted by Crippen LogP contribution is 2.20. The summed E-state index contributed by atoms with van der Waals surface area (Å²) < 4.78 is 5.47. The van der Waals surface area contributed by atoms with Crippen LogP contribution in [0.25, 0.3) is 0 Å². The highest BCUT2D eigenvalue weighted by Gasteiger charge is 2.19. The van der Waals surface area contributed by atoms with Gasteiger partial charge in [-0.1, -0.05) is 19.9 Å². The van der Waals surface area contributed by atoms with Crippen molar-refractivity contribution in [1.82, 2.24) is 15.2 Å². The lowest BCUT2D eigenvalue weighted by atomic mass is 10.1. The van der Waals surface area contributed by atoms with Crippen molar-refractivity contribution in [3.05, 3.63) is 23.4 Å². The normalized spacial score (nSPS) is 13.4. The zero-order chi connectivity index (χ0) is 23.8. The van der Waals surface area contributed by atoms with Crippen molar-refractivity contribution >= 4 is 17.7 Å². The second-order valence-electron chi connectivity index (χ2n) is 7.72. The zero-order valence-corrected chi connectivity index (χ0v) is 20.3. The van der Waals surface area contributed by atoms with Gasteiger partial charge >= 0.3 is 5.97 Å². The Bertz CT molecular complexity index is 684. The first-order chi connectivity index (χ1) is 15.5. The number of hydrogen-bond acceptors (Lipinski definition) is 6. The van der Waals surface area contributed by atoms with Gasteiger partial charge in [0.25, 0.3) is 0 Å². The molecule has 1 aromatic rings. The lowest BCUT2D eigenvalue weighted by molar-refractivity contribution is -0.141. The number of carbonyl (C=O) groups excluding carboxylic acids is 1. The van der Waals surface area contributed by atoms with Gasteiger partial charge < -0.3 is 25.4 Å². The van der Waals surface area contributed by atoms with Crippen molar-refractivity contribution in [2.24, 2.45) is 0 Å². The van der Waals surface area contributed by atoms with E-state index in [4.69, 9.17) is 9.72 Å².